The first-order valence-electron chi connectivity index (χ1n) is 9.26. The Morgan fingerprint density at radius 3 is 2.85 bits per heavy atom. The molecule has 1 fully saturated rings. The highest BCUT2D eigenvalue weighted by Crippen LogP contribution is 2.34. The van der Waals surface area contributed by atoms with Gasteiger partial charge in [-0.1, -0.05) is 0 Å². The third-order valence-corrected chi connectivity index (χ3v) is 4.97. The van der Waals surface area contributed by atoms with Crippen molar-refractivity contribution >= 4 is 17.5 Å². The molecule has 0 aliphatic carbocycles. The van der Waals surface area contributed by atoms with Crippen LogP contribution < -0.4 is 15.4 Å². The number of fused-ring (bicyclic) bond motifs is 3. The van der Waals surface area contributed by atoms with Crippen LogP contribution in [-0.2, 0) is 4.74 Å². The summed E-state index contributed by atoms with van der Waals surface area (Å²) in [6.45, 7) is 6.05. The van der Waals surface area contributed by atoms with E-state index in [9.17, 15) is 5.26 Å². The first-order valence-corrected chi connectivity index (χ1v) is 9.26. The fourth-order valence-corrected chi connectivity index (χ4v) is 3.41. The molecular weight excluding hydrogens is 346 g/mol. The molecule has 27 heavy (non-hydrogen) atoms. The summed E-state index contributed by atoms with van der Waals surface area (Å²) in [5.41, 5.74) is 2.17. The van der Waals surface area contributed by atoms with Gasteiger partial charge in [-0.3, -0.25) is 4.68 Å². The lowest BCUT2D eigenvalue weighted by Gasteiger charge is -2.23. The Morgan fingerprint density at radius 1 is 1.26 bits per heavy atom. The van der Waals surface area contributed by atoms with Crippen molar-refractivity contribution < 1.29 is 9.47 Å². The molecule has 9 nitrogen and oxygen atoms in total. The highest BCUT2D eigenvalue weighted by Gasteiger charge is 2.25. The van der Waals surface area contributed by atoms with Gasteiger partial charge in [0.1, 0.15) is 23.1 Å². The number of nitrogens with one attached hydrogen (secondary N) is 2. The molecule has 2 bridgehead atoms. The van der Waals surface area contributed by atoms with Crippen LogP contribution >= 0.6 is 0 Å². The highest BCUT2D eigenvalue weighted by atomic mass is 16.5. The van der Waals surface area contributed by atoms with Crippen LogP contribution in [0.5, 0.6) is 5.88 Å². The zero-order chi connectivity index (χ0) is 18.8. The van der Waals surface area contributed by atoms with Gasteiger partial charge in [-0.25, -0.2) is 4.98 Å². The molecule has 2 aromatic heterocycles. The molecule has 1 atom stereocenters. The third-order valence-electron chi connectivity index (χ3n) is 4.97. The molecule has 2 aliphatic rings. The SMILES string of the molecule is Cc1c2c(nn1C1CCOCC1)OCC[C@@H](C)Nc1nc(ncc1C#N)N2. The van der Waals surface area contributed by atoms with Crippen LogP contribution in [0, 0.1) is 18.3 Å². The second-order valence-corrected chi connectivity index (χ2v) is 6.93. The van der Waals surface area contributed by atoms with E-state index in [1.165, 1.54) is 6.20 Å². The molecule has 0 aromatic carbocycles. The predicted molar refractivity (Wildman–Crippen MR) is 99.3 cm³/mol. The van der Waals surface area contributed by atoms with Crippen LogP contribution in [0.1, 0.15) is 43.5 Å². The molecule has 142 valence electrons. The average molecular weight is 369 g/mol. The number of hydrogen-bond donors (Lipinski definition) is 2. The molecule has 4 heterocycles. The number of rotatable bonds is 1. The fourth-order valence-electron chi connectivity index (χ4n) is 3.41. The van der Waals surface area contributed by atoms with Crippen molar-refractivity contribution in [3.63, 3.8) is 0 Å². The van der Waals surface area contributed by atoms with Crippen molar-refractivity contribution in [3.8, 4) is 11.9 Å². The molecular formula is C18H23N7O2. The maximum Gasteiger partial charge on any atom is 0.257 e. The zero-order valence-corrected chi connectivity index (χ0v) is 15.5. The Kier molecular flexibility index (Phi) is 4.81. The minimum Gasteiger partial charge on any atom is -0.475 e. The van der Waals surface area contributed by atoms with Crippen LogP contribution in [0.2, 0.25) is 0 Å². The number of nitrogens with zero attached hydrogens (tertiary/aromatic N) is 5. The van der Waals surface area contributed by atoms with Gasteiger partial charge in [0.05, 0.1) is 24.5 Å². The second kappa shape index (κ2) is 7.40. The van der Waals surface area contributed by atoms with Crippen molar-refractivity contribution in [2.24, 2.45) is 0 Å². The van der Waals surface area contributed by atoms with Gasteiger partial charge < -0.3 is 20.1 Å². The lowest BCUT2D eigenvalue weighted by molar-refractivity contribution is 0.0652. The van der Waals surface area contributed by atoms with E-state index in [1.807, 2.05) is 18.5 Å². The summed E-state index contributed by atoms with van der Waals surface area (Å²) in [5.74, 6) is 1.49. The smallest absolute Gasteiger partial charge is 0.257 e. The van der Waals surface area contributed by atoms with Gasteiger partial charge >= 0.3 is 0 Å². The minimum atomic E-state index is 0.0973. The molecule has 0 spiro atoms. The van der Waals surface area contributed by atoms with Crippen molar-refractivity contribution in [2.45, 2.75) is 45.2 Å². The van der Waals surface area contributed by atoms with E-state index >= 15 is 0 Å². The van der Waals surface area contributed by atoms with Crippen LogP contribution in [0.15, 0.2) is 6.20 Å². The van der Waals surface area contributed by atoms with E-state index in [0.717, 1.165) is 43.9 Å². The minimum absolute atomic E-state index is 0.0973. The molecule has 9 heteroatoms. The fraction of sp³-hybridized carbons (Fsp3) is 0.556. The van der Waals surface area contributed by atoms with Gasteiger partial charge in [0.25, 0.3) is 5.88 Å². The largest absolute Gasteiger partial charge is 0.475 e. The summed E-state index contributed by atoms with van der Waals surface area (Å²) in [5, 5.41) is 20.5. The Balaban J connectivity index is 1.73. The zero-order valence-electron chi connectivity index (χ0n) is 15.5. The van der Waals surface area contributed by atoms with E-state index in [0.29, 0.717) is 35.9 Å². The molecule has 2 N–H and O–H groups in total. The van der Waals surface area contributed by atoms with Crippen molar-refractivity contribution in [2.75, 3.05) is 30.5 Å². The Bertz CT molecular complexity index is 867. The van der Waals surface area contributed by atoms with Gasteiger partial charge in [0.15, 0.2) is 0 Å². The highest BCUT2D eigenvalue weighted by molar-refractivity contribution is 5.65. The first-order chi connectivity index (χ1) is 13.2. The van der Waals surface area contributed by atoms with Gasteiger partial charge in [-0.2, -0.15) is 10.2 Å². The summed E-state index contributed by atoms with van der Waals surface area (Å²) in [6, 6.07) is 2.52. The van der Waals surface area contributed by atoms with E-state index < -0.39 is 0 Å². The summed E-state index contributed by atoms with van der Waals surface area (Å²) in [7, 11) is 0. The second-order valence-electron chi connectivity index (χ2n) is 6.93. The third kappa shape index (κ3) is 3.53. The Labute approximate surface area is 157 Å². The molecule has 0 radical (unpaired) electrons. The molecule has 2 aliphatic heterocycles. The topological polar surface area (TPSA) is 110 Å². The average Bonchev–Trinajstić information content (AvgIpc) is 2.97. The van der Waals surface area contributed by atoms with Gasteiger partial charge in [0.2, 0.25) is 5.95 Å². The number of nitriles is 1. The van der Waals surface area contributed by atoms with Crippen molar-refractivity contribution in [3.05, 3.63) is 17.5 Å². The van der Waals surface area contributed by atoms with Gasteiger partial charge in [0, 0.05) is 25.7 Å². The molecule has 4 rings (SSSR count). The summed E-state index contributed by atoms with van der Waals surface area (Å²) in [6.07, 6.45) is 4.15. The van der Waals surface area contributed by atoms with E-state index in [1.54, 1.807) is 0 Å². The molecule has 0 saturated carbocycles. The summed E-state index contributed by atoms with van der Waals surface area (Å²) in [4.78, 5) is 8.76. The molecule has 1 saturated heterocycles. The van der Waals surface area contributed by atoms with E-state index in [4.69, 9.17) is 14.6 Å². The van der Waals surface area contributed by atoms with Crippen LogP contribution in [0.3, 0.4) is 0 Å². The number of aromatic nitrogens is 4. The Morgan fingerprint density at radius 2 is 2.07 bits per heavy atom. The quantitative estimate of drug-likeness (QED) is 0.789. The number of anilines is 3. The monoisotopic (exact) mass is 369 g/mol. The van der Waals surface area contributed by atoms with E-state index in [2.05, 4.69) is 26.7 Å². The lowest BCUT2D eigenvalue weighted by atomic mass is 10.1. The number of hydrogen-bond acceptors (Lipinski definition) is 8. The van der Waals surface area contributed by atoms with Crippen LogP contribution in [0.4, 0.5) is 17.5 Å². The van der Waals surface area contributed by atoms with Crippen molar-refractivity contribution in [1.82, 2.24) is 19.7 Å². The molecule has 2 aromatic rings. The Hall–Kier alpha value is -2.86. The number of ether oxygens (including phenoxy) is 2. The van der Waals surface area contributed by atoms with Crippen LogP contribution in [0.25, 0.3) is 0 Å². The normalized spacial score (nSPS) is 20.3. The molecule has 0 amide bonds. The lowest BCUT2D eigenvalue weighted by Crippen LogP contribution is -2.22. The molecule has 0 unspecified atom stereocenters. The van der Waals surface area contributed by atoms with Gasteiger partial charge in [-0.05, 0) is 26.7 Å². The van der Waals surface area contributed by atoms with Crippen molar-refractivity contribution in [1.29, 1.82) is 5.26 Å². The first kappa shape index (κ1) is 17.5. The standard InChI is InChI=1S/C18H23N7O2/c1-11-3-8-27-17-15(12(2)25(24-17)14-4-6-26-7-5-14)22-18-20-10-13(9-19)16(21-11)23-18/h10-11,14H,3-8H2,1-2H3,(H2,20,21,22,23)/t11-/m1/s1. The predicted octanol–water partition coefficient (Wildman–Crippen LogP) is 2.53. The maximum absolute atomic E-state index is 9.31. The van der Waals surface area contributed by atoms with Crippen LogP contribution in [-0.4, -0.2) is 45.6 Å². The summed E-state index contributed by atoms with van der Waals surface area (Å²) >= 11 is 0. The maximum atomic E-state index is 9.31. The summed E-state index contributed by atoms with van der Waals surface area (Å²) < 4.78 is 13.5. The van der Waals surface area contributed by atoms with E-state index in [-0.39, 0.29) is 6.04 Å². The van der Waals surface area contributed by atoms with Gasteiger partial charge in [-0.15, -0.1) is 5.10 Å².